The molecule has 1 amide bonds. The van der Waals surface area contributed by atoms with E-state index in [9.17, 15) is 9.59 Å². The van der Waals surface area contributed by atoms with Crippen LogP contribution in [0.2, 0.25) is 0 Å². The van der Waals surface area contributed by atoms with Crippen LogP contribution < -0.4 is 10.2 Å². The zero-order valence-electron chi connectivity index (χ0n) is 16.3. The molecule has 5 nitrogen and oxygen atoms in total. The standard InChI is InChI=1S/C24H24N2O3/c1-26(21-15-9-4-10-16-21)18-22(29-24(28)20-13-7-3-8-14-20)17-25-23(27)19-11-5-2-6-12-19/h2-16,22H,17-18H2,1H3,(H,25,27). The van der Waals surface area contributed by atoms with Crippen LogP contribution in [-0.4, -0.2) is 38.1 Å². The van der Waals surface area contributed by atoms with Crippen LogP contribution in [0.15, 0.2) is 91.0 Å². The molecule has 1 unspecified atom stereocenters. The molecule has 0 heterocycles. The maximum Gasteiger partial charge on any atom is 0.338 e. The summed E-state index contributed by atoms with van der Waals surface area (Å²) >= 11 is 0. The monoisotopic (exact) mass is 388 g/mol. The molecule has 0 radical (unpaired) electrons. The predicted octanol–water partition coefficient (Wildman–Crippen LogP) is 3.78. The molecule has 5 heteroatoms. The molecule has 0 saturated heterocycles. The number of hydrogen-bond donors (Lipinski definition) is 1. The highest BCUT2D eigenvalue weighted by Gasteiger charge is 2.19. The van der Waals surface area contributed by atoms with Crippen LogP contribution in [0.25, 0.3) is 0 Å². The number of para-hydroxylation sites is 1. The van der Waals surface area contributed by atoms with Crippen LogP contribution in [0.3, 0.4) is 0 Å². The smallest absolute Gasteiger partial charge is 0.338 e. The van der Waals surface area contributed by atoms with Crippen LogP contribution in [0.1, 0.15) is 20.7 Å². The topological polar surface area (TPSA) is 58.6 Å². The third-order valence-electron chi connectivity index (χ3n) is 4.48. The van der Waals surface area contributed by atoms with Crippen molar-refractivity contribution in [2.75, 3.05) is 25.0 Å². The van der Waals surface area contributed by atoms with E-state index >= 15 is 0 Å². The van der Waals surface area contributed by atoms with Crippen molar-refractivity contribution >= 4 is 17.6 Å². The summed E-state index contributed by atoms with van der Waals surface area (Å²) in [5.74, 6) is -0.611. The van der Waals surface area contributed by atoms with Gasteiger partial charge >= 0.3 is 5.97 Å². The Bertz CT molecular complexity index is 915. The average molecular weight is 388 g/mol. The van der Waals surface area contributed by atoms with Gasteiger partial charge in [0, 0.05) is 18.3 Å². The van der Waals surface area contributed by atoms with Crippen molar-refractivity contribution in [1.82, 2.24) is 5.32 Å². The summed E-state index contributed by atoms with van der Waals surface area (Å²) in [6.45, 7) is 0.654. The Hall–Kier alpha value is -3.60. The predicted molar refractivity (Wildman–Crippen MR) is 114 cm³/mol. The highest BCUT2D eigenvalue weighted by molar-refractivity contribution is 5.94. The number of likely N-dealkylation sites (N-methyl/N-ethyl adjacent to an activating group) is 1. The van der Waals surface area contributed by atoms with Crippen molar-refractivity contribution in [3.63, 3.8) is 0 Å². The zero-order valence-corrected chi connectivity index (χ0v) is 16.3. The summed E-state index contributed by atoms with van der Waals surface area (Å²) in [4.78, 5) is 26.9. The van der Waals surface area contributed by atoms with Gasteiger partial charge in [0.2, 0.25) is 0 Å². The number of rotatable bonds is 8. The fraction of sp³-hybridized carbons (Fsp3) is 0.167. The summed E-state index contributed by atoms with van der Waals surface area (Å²) in [6.07, 6.45) is -0.513. The number of nitrogens with one attached hydrogen (secondary N) is 1. The third-order valence-corrected chi connectivity index (χ3v) is 4.48. The van der Waals surface area contributed by atoms with Crippen LogP contribution in [0, 0.1) is 0 Å². The first-order chi connectivity index (χ1) is 14.1. The van der Waals surface area contributed by atoms with E-state index in [1.807, 2.05) is 66.5 Å². The van der Waals surface area contributed by atoms with E-state index < -0.39 is 12.1 Å². The molecule has 0 aliphatic rings. The van der Waals surface area contributed by atoms with E-state index in [1.54, 1.807) is 36.4 Å². The Kier molecular flexibility index (Phi) is 7.00. The SMILES string of the molecule is CN(CC(CNC(=O)c1ccccc1)OC(=O)c1ccccc1)c1ccccc1. The summed E-state index contributed by atoms with van der Waals surface area (Å²) < 4.78 is 5.72. The van der Waals surface area contributed by atoms with Gasteiger partial charge in [0.25, 0.3) is 5.91 Å². The number of carbonyl (C=O) groups excluding carboxylic acids is 2. The first kappa shape index (κ1) is 20.1. The molecule has 148 valence electrons. The average Bonchev–Trinajstić information content (AvgIpc) is 2.79. The molecule has 0 aliphatic heterocycles. The second kappa shape index (κ2) is 10.1. The Morgan fingerprint density at radius 3 is 1.93 bits per heavy atom. The van der Waals surface area contributed by atoms with Gasteiger partial charge in [0.05, 0.1) is 18.7 Å². The van der Waals surface area contributed by atoms with Gasteiger partial charge in [0.15, 0.2) is 0 Å². The second-order valence-corrected chi connectivity index (χ2v) is 6.69. The second-order valence-electron chi connectivity index (χ2n) is 6.69. The van der Waals surface area contributed by atoms with Crippen molar-refractivity contribution in [3.05, 3.63) is 102 Å². The van der Waals surface area contributed by atoms with Gasteiger partial charge in [-0.3, -0.25) is 4.79 Å². The van der Waals surface area contributed by atoms with Gasteiger partial charge in [-0.05, 0) is 36.4 Å². The van der Waals surface area contributed by atoms with E-state index in [-0.39, 0.29) is 12.5 Å². The Morgan fingerprint density at radius 2 is 1.34 bits per heavy atom. The normalized spacial score (nSPS) is 11.3. The maximum absolute atomic E-state index is 12.5. The molecule has 3 aromatic carbocycles. The Balaban J connectivity index is 1.68. The number of ether oxygens (including phenoxy) is 1. The summed E-state index contributed by atoms with van der Waals surface area (Å²) in [5.41, 5.74) is 2.05. The van der Waals surface area contributed by atoms with Gasteiger partial charge in [-0.15, -0.1) is 0 Å². The highest BCUT2D eigenvalue weighted by atomic mass is 16.5. The molecule has 0 bridgehead atoms. The van der Waals surface area contributed by atoms with Crippen LogP contribution in [-0.2, 0) is 4.74 Å². The molecule has 1 N–H and O–H groups in total. The molecule has 3 aromatic rings. The summed E-state index contributed by atoms with van der Waals surface area (Å²) in [7, 11) is 1.93. The molecule has 0 saturated carbocycles. The number of nitrogens with zero attached hydrogens (tertiary/aromatic N) is 1. The summed E-state index contributed by atoms with van der Waals surface area (Å²) in [5, 5.41) is 2.87. The number of hydrogen-bond acceptors (Lipinski definition) is 4. The lowest BCUT2D eigenvalue weighted by Gasteiger charge is -2.26. The van der Waals surface area contributed by atoms with Crippen molar-refractivity contribution in [2.24, 2.45) is 0 Å². The number of esters is 1. The molecular formula is C24H24N2O3. The molecule has 0 aromatic heterocycles. The van der Waals surface area contributed by atoms with E-state index in [2.05, 4.69) is 5.32 Å². The molecule has 29 heavy (non-hydrogen) atoms. The molecular weight excluding hydrogens is 364 g/mol. The molecule has 0 aliphatic carbocycles. The minimum atomic E-state index is -0.513. The van der Waals surface area contributed by atoms with Crippen molar-refractivity contribution in [1.29, 1.82) is 0 Å². The van der Waals surface area contributed by atoms with Crippen LogP contribution >= 0.6 is 0 Å². The minimum absolute atomic E-state index is 0.200. The van der Waals surface area contributed by atoms with Gasteiger partial charge in [-0.2, -0.15) is 0 Å². The van der Waals surface area contributed by atoms with E-state index in [0.29, 0.717) is 17.7 Å². The number of benzene rings is 3. The van der Waals surface area contributed by atoms with Gasteiger partial charge in [0.1, 0.15) is 6.10 Å². The lowest BCUT2D eigenvalue weighted by Crippen LogP contribution is -2.41. The first-order valence-corrected chi connectivity index (χ1v) is 9.49. The van der Waals surface area contributed by atoms with Crippen molar-refractivity contribution < 1.29 is 14.3 Å². The lowest BCUT2D eigenvalue weighted by molar-refractivity contribution is 0.0315. The van der Waals surface area contributed by atoms with Gasteiger partial charge in [-0.1, -0.05) is 54.6 Å². The Morgan fingerprint density at radius 1 is 0.828 bits per heavy atom. The number of anilines is 1. The van der Waals surface area contributed by atoms with Crippen molar-refractivity contribution in [2.45, 2.75) is 6.10 Å². The number of amides is 1. The van der Waals surface area contributed by atoms with Crippen LogP contribution in [0.4, 0.5) is 5.69 Å². The van der Waals surface area contributed by atoms with Gasteiger partial charge < -0.3 is 15.0 Å². The third kappa shape index (κ3) is 5.94. The zero-order chi connectivity index (χ0) is 20.5. The summed E-state index contributed by atoms with van der Waals surface area (Å²) in [6, 6.07) is 27.6. The molecule has 3 rings (SSSR count). The fourth-order valence-electron chi connectivity index (χ4n) is 2.93. The van der Waals surface area contributed by atoms with E-state index in [0.717, 1.165) is 5.69 Å². The van der Waals surface area contributed by atoms with Crippen LogP contribution in [0.5, 0.6) is 0 Å². The largest absolute Gasteiger partial charge is 0.455 e. The maximum atomic E-state index is 12.5. The number of carbonyl (C=O) groups is 2. The fourth-order valence-corrected chi connectivity index (χ4v) is 2.93. The lowest BCUT2D eigenvalue weighted by atomic mass is 10.2. The first-order valence-electron chi connectivity index (χ1n) is 9.49. The molecule has 0 spiro atoms. The highest BCUT2D eigenvalue weighted by Crippen LogP contribution is 2.13. The van der Waals surface area contributed by atoms with Crippen molar-refractivity contribution in [3.8, 4) is 0 Å². The van der Waals surface area contributed by atoms with Gasteiger partial charge in [-0.25, -0.2) is 4.79 Å². The molecule has 0 fully saturated rings. The Labute approximate surface area is 170 Å². The minimum Gasteiger partial charge on any atom is -0.455 e. The molecule has 1 atom stereocenters. The quantitative estimate of drug-likeness (QED) is 0.597. The van der Waals surface area contributed by atoms with E-state index in [4.69, 9.17) is 4.74 Å². The van der Waals surface area contributed by atoms with E-state index in [1.165, 1.54) is 0 Å².